The first-order valence-electron chi connectivity index (χ1n) is 5.80. The number of aromatic nitrogens is 1. The van der Waals surface area contributed by atoms with Crippen LogP contribution in [-0.4, -0.2) is 16.6 Å². The molecule has 0 saturated carbocycles. The molecular weight excluding hydrogens is 248 g/mol. The molecule has 1 atom stereocenters. The average Bonchev–Trinajstić information content (AvgIpc) is 2.41. The van der Waals surface area contributed by atoms with Crippen LogP contribution in [-0.2, 0) is 6.54 Å². The van der Waals surface area contributed by atoms with Crippen LogP contribution in [0.25, 0.3) is 0 Å². The molecule has 0 aliphatic heterocycles. The molecule has 0 radical (unpaired) electrons. The fraction of sp³-hybridized carbons (Fsp3) is 0.214. The van der Waals surface area contributed by atoms with Gasteiger partial charge in [-0.25, -0.2) is 0 Å². The lowest BCUT2D eigenvalue weighted by atomic mass is 10.1. The summed E-state index contributed by atoms with van der Waals surface area (Å²) in [7, 11) is 0. The summed E-state index contributed by atoms with van der Waals surface area (Å²) in [5, 5.41) is 12.0. The Bertz CT molecular complexity index is 436. The second kappa shape index (κ2) is 7.82. The monoisotopic (exact) mass is 264 g/mol. The van der Waals surface area contributed by atoms with Crippen molar-refractivity contribution in [1.82, 2.24) is 4.98 Å². The van der Waals surface area contributed by atoms with E-state index in [0.717, 1.165) is 12.1 Å². The highest BCUT2D eigenvalue weighted by molar-refractivity contribution is 5.17. The van der Waals surface area contributed by atoms with E-state index in [4.69, 9.17) is 0 Å². The molecule has 1 heterocycles. The van der Waals surface area contributed by atoms with Gasteiger partial charge in [-0.1, -0.05) is 36.4 Å². The summed E-state index contributed by atoms with van der Waals surface area (Å²) in [6, 6.07) is 13.7. The zero-order valence-electron chi connectivity index (χ0n) is 10.0. The molecule has 18 heavy (non-hydrogen) atoms. The Labute approximate surface area is 113 Å². The average molecular weight is 265 g/mol. The Morgan fingerprint density at radius 2 is 1.89 bits per heavy atom. The molecule has 3 N–H and O–H groups in total. The Morgan fingerprint density at radius 1 is 1.11 bits per heavy atom. The van der Waals surface area contributed by atoms with Gasteiger partial charge in [-0.2, -0.15) is 0 Å². The third-order valence-corrected chi connectivity index (χ3v) is 2.68. The molecule has 1 aromatic carbocycles. The number of hydrogen-bond acceptors (Lipinski definition) is 2. The topological polar surface area (TPSA) is 49.7 Å². The van der Waals surface area contributed by atoms with Gasteiger partial charge >= 0.3 is 0 Å². The van der Waals surface area contributed by atoms with Crippen molar-refractivity contribution in [2.24, 2.45) is 0 Å². The smallest absolute Gasteiger partial charge is 0.128 e. The van der Waals surface area contributed by atoms with E-state index >= 15 is 0 Å². The van der Waals surface area contributed by atoms with E-state index in [2.05, 4.69) is 10.3 Å². The molecule has 0 saturated heterocycles. The molecule has 0 bridgehead atoms. The van der Waals surface area contributed by atoms with Crippen molar-refractivity contribution in [2.75, 3.05) is 6.54 Å². The molecule has 4 heteroatoms. The molecule has 0 aliphatic rings. The first-order chi connectivity index (χ1) is 8.36. The standard InChI is InChI=1S/C14H16N2O.ClH/c17-14(13-6-2-1-3-7-13)11-16-10-12-5-4-8-15-9-12;/h1-9,14,16-17H,10-11H2;1H. The van der Waals surface area contributed by atoms with Gasteiger partial charge in [-0.3, -0.25) is 4.98 Å². The number of nitrogens with zero attached hydrogens (tertiary/aromatic N) is 1. The highest BCUT2D eigenvalue weighted by atomic mass is 35.5. The van der Waals surface area contributed by atoms with Gasteiger partial charge in [0, 0.05) is 18.0 Å². The van der Waals surface area contributed by atoms with Crippen LogP contribution in [0.5, 0.6) is 0 Å². The van der Waals surface area contributed by atoms with E-state index in [1.54, 1.807) is 6.20 Å². The van der Waals surface area contributed by atoms with Gasteiger partial charge in [0.2, 0.25) is 0 Å². The predicted molar refractivity (Wildman–Crippen MR) is 66.1 cm³/mol. The summed E-state index contributed by atoms with van der Waals surface area (Å²) in [6.45, 7) is 1.51. The van der Waals surface area contributed by atoms with Gasteiger partial charge in [0.15, 0.2) is 0 Å². The van der Waals surface area contributed by atoms with Gasteiger partial charge in [-0.15, -0.1) is 0 Å². The van der Waals surface area contributed by atoms with Crippen molar-refractivity contribution in [3.63, 3.8) is 0 Å². The zero-order chi connectivity index (χ0) is 11.9. The SMILES string of the molecule is OC(C[NH2+]Cc1cccnc1)c1ccccc1.[Cl-]. The lowest BCUT2D eigenvalue weighted by Crippen LogP contribution is -3.00. The number of nitrogens with two attached hydrogens (primary N) is 1. The molecule has 0 fully saturated rings. The maximum absolute atomic E-state index is 9.95. The molecule has 1 aromatic heterocycles. The Morgan fingerprint density at radius 3 is 2.56 bits per heavy atom. The molecule has 0 spiro atoms. The molecule has 96 valence electrons. The first-order valence-corrected chi connectivity index (χ1v) is 5.80. The van der Waals surface area contributed by atoms with E-state index in [9.17, 15) is 5.11 Å². The van der Waals surface area contributed by atoms with Crippen molar-refractivity contribution in [3.05, 3.63) is 66.0 Å². The molecule has 0 amide bonds. The fourth-order valence-corrected chi connectivity index (χ4v) is 1.74. The number of aliphatic hydroxyl groups is 1. The first kappa shape index (κ1) is 14.6. The Balaban J connectivity index is 0.00000162. The maximum Gasteiger partial charge on any atom is 0.128 e. The summed E-state index contributed by atoms with van der Waals surface area (Å²) in [6.07, 6.45) is 3.21. The van der Waals surface area contributed by atoms with Crippen molar-refractivity contribution in [3.8, 4) is 0 Å². The van der Waals surface area contributed by atoms with Gasteiger partial charge in [0.05, 0.1) is 0 Å². The minimum atomic E-state index is -0.409. The van der Waals surface area contributed by atoms with Gasteiger partial charge in [-0.05, 0) is 11.6 Å². The second-order valence-corrected chi connectivity index (χ2v) is 4.02. The second-order valence-electron chi connectivity index (χ2n) is 4.02. The van der Waals surface area contributed by atoms with Crippen molar-refractivity contribution < 1.29 is 22.8 Å². The quantitative estimate of drug-likeness (QED) is 0.649. The molecular formula is C14H17ClN2O. The van der Waals surface area contributed by atoms with E-state index < -0.39 is 6.10 Å². The van der Waals surface area contributed by atoms with Crippen LogP contribution in [0.4, 0.5) is 0 Å². The normalized spacial score (nSPS) is 11.6. The third-order valence-electron chi connectivity index (χ3n) is 2.68. The van der Waals surface area contributed by atoms with Crippen molar-refractivity contribution in [1.29, 1.82) is 0 Å². The number of rotatable bonds is 5. The highest BCUT2D eigenvalue weighted by Crippen LogP contribution is 2.08. The summed E-state index contributed by atoms with van der Waals surface area (Å²) in [5.74, 6) is 0. The maximum atomic E-state index is 9.95. The molecule has 0 aliphatic carbocycles. The minimum absolute atomic E-state index is 0. The predicted octanol–water partition coefficient (Wildman–Crippen LogP) is -2.12. The third kappa shape index (κ3) is 4.45. The number of pyridine rings is 1. The van der Waals surface area contributed by atoms with Crippen LogP contribution >= 0.6 is 0 Å². The lowest BCUT2D eigenvalue weighted by Gasteiger charge is -2.09. The summed E-state index contributed by atoms with van der Waals surface area (Å²) in [4.78, 5) is 4.06. The van der Waals surface area contributed by atoms with Gasteiger partial charge in [0.1, 0.15) is 19.2 Å². The number of aliphatic hydroxyl groups excluding tert-OH is 1. The summed E-state index contributed by atoms with van der Waals surface area (Å²) in [5.41, 5.74) is 2.14. The Hall–Kier alpha value is -1.42. The number of halogens is 1. The van der Waals surface area contributed by atoms with Gasteiger partial charge < -0.3 is 22.8 Å². The number of quaternary nitrogens is 1. The van der Waals surface area contributed by atoms with Crippen LogP contribution in [0, 0.1) is 0 Å². The van der Waals surface area contributed by atoms with E-state index in [1.807, 2.05) is 48.7 Å². The largest absolute Gasteiger partial charge is 1.00 e. The van der Waals surface area contributed by atoms with Crippen LogP contribution in [0.15, 0.2) is 54.9 Å². The summed E-state index contributed by atoms with van der Waals surface area (Å²) < 4.78 is 0. The van der Waals surface area contributed by atoms with E-state index in [1.165, 1.54) is 5.56 Å². The van der Waals surface area contributed by atoms with Crippen molar-refractivity contribution in [2.45, 2.75) is 12.6 Å². The highest BCUT2D eigenvalue weighted by Gasteiger charge is 2.08. The van der Waals surface area contributed by atoms with Gasteiger partial charge in [0.25, 0.3) is 0 Å². The molecule has 1 unspecified atom stereocenters. The number of hydrogen-bond donors (Lipinski definition) is 2. The van der Waals surface area contributed by atoms with Crippen LogP contribution < -0.4 is 17.7 Å². The fourth-order valence-electron chi connectivity index (χ4n) is 1.74. The summed E-state index contributed by atoms with van der Waals surface area (Å²) >= 11 is 0. The van der Waals surface area contributed by atoms with E-state index in [0.29, 0.717) is 6.54 Å². The molecule has 2 aromatic rings. The number of benzene rings is 1. The zero-order valence-corrected chi connectivity index (χ0v) is 10.8. The molecule has 3 nitrogen and oxygen atoms in total. The van der Waals surface area contributed by atoms with E-state index in [-0.39, 0.29) is 12.4 Å². The lowest BCUT2D eigenvalue weighted by molar-refractivity contribution is -0.677. The van der Waals surface area contributed by atoms with Crippen LogP contribution in [0.2, 0.25) is 0 Å². The van der Waals surface area contributed by atoms with Crippen LogP contribution in [0.3, 0.4) is 0 Å². The molecule has 2 rings (SSSR count). The van der Waals surface area contributed by atoms with Crippen LogP contribution in [0.1, 0.15) is 17.2 Å². The van der Waals surface area contributed by atoms with Crippen molar-refractivity contribution >= 4 is 0 Å². The minimum Gasteiger partial charge on any atom is -1.00 e. The Kier molecular flexibility index (Phi) is 6.36.